The van der Waals surface area contributed by atoms with Gasteiger partial charge in [-0.1, -0.05) is 6.42 Å². The van der Waals surface area contributed by atoms with E-state index in [-0.39, 0.29) is 0 Å². The lowest BCUT2D eigenvalue weighted by atomic mass is 9.92. The number of rotatable bonds is 1. The fraction of sp³-hybridized carbons (Fsp3) is 1.00. The van der Waals surface area contributed by atoms with Crippen molar-refractivity contribution in [1.82, 2.24) is 10.4 Å². The maximum atomic E-state index is 3.45. The predicted molar refractivity (Wildman–Crippen MR) is 41.6 cm³/mol. The molecule has 0 aromatic carbocycles. The smallest absolute Gasteiger partial charge is 0.0243 e. The molecule has 10 heavy (non-hydrogen) atoms. The molecule has 2 fully saturated rings. The van der Waals surface area contributed by atoms with Crippen molar-refractivity contribution in [2.45, 2.75) is 38.1 Å². The van der Waals surface area contributed by atoms with Gasteiger partial charge in [-0.15, -0.1) is 0 Å². The molecule has 0 aromatic heterocycles. The van der Waals surface area contributed by atoms with E-state index in [2.05, 4.69) is 10.4 Å². The largest absolute Gasteiger partial charge is 0.255 e. The molecule has 1 saturated heterocycles. The van der Waals surface area contributed by atoms with Crippen LogP contribution < -0.4 is 5.43 Å². The molecule has 0 atom stereocenters. The van der Waals surface area contributed by atoms with Crippen LogP contribution in [-0.2, 0) is 0 Å². The molecule has 0 radical (unpaired) electrons. The third kappa shape index (κ3) is 1.18. The first kappa shape index (κ1) is 6.62. The molecule has 1 aliphatic carbocycles. The van der Waals surface area contributed by atoms with Crippen molar-refractivity contribution in [3.63, 3.8) is 0 Å². The van der Waals surface area contributed by atoms with Gasteiger partial charge in [-0.3, -0.25) is 5.43 Å². The number of nitrogens with one attached hydrogen (secondary N) is 1. The Morgan fingerprint density at radius 3 is 2.50 bits per heavy atom. The first-order valence-electron chi connectivity index (χ1n) is 4.47. The van der Waals surface area contributed by atoms with E-state index in [1.807, 2.05) is 0 Å². The summed E-state index contributed by atoms with van der Waals surface area (Å²) in [6.45, 7) is 2.49. The van der Waals surface area contributed by atoms with E-state index in [0.29, 0.717) is 0 Å². The van der Waals surface area contributed by atoms with E-state index in [9.17, 15) is 0 Å². The van der Waals surface area contributed by atoms with Crippen molar-refractivity contribution in [2.75, 3.05) is 13.1 Å². The summed E-state index contributed by atoms with van der Waals surface area (Å²) in [4.78, 5) is 0. The fourth-order valence-electron chi connectivity index (χ4n) is 1.72. The summed E-state index contributed by atoms with van der Waals surface area (Å²) in [7, 11) is 0. The van der Waals surface area contributed by atoms with Gasteiger partial charge in [-0.2, -0.15) is 0 Å². The maximum Gasteiger partial charge on any atom is 0.0243 e. The van der Waals surface area contributed by atoms with E-state index in [1.54, 1.807) is 0 Å². The van der Waals surface area contributed by atoms with Crippen LogP contribution in [0, 0.1) is 0 Å². The standard InChI is InChI=1S/C8H16N2/c1-2-7-10(9-6-1)8-4-3-5-8/h8-9H,1-7H2. The summed E-state index contributed by atoms with van der Waals surface area (Å²) in [5.41, 5.74) is 3.45. The third-order valence-corrected chi connectivity index (χ3v) is 2.66. The van der Waals surface area contributed by atoms with Crippen LogP contribution in [0.1, 0.15) is 32.1 Å². The Hall–Kier alpha value is -0.0800. The molecule has 1 N–H and O–H groups in total. The average Bonchev–Trinajstić information content (AvgIpc) is 1.86. The molecule has 1 heterocycles. The van der Waals surface area contributed by atoms with Crippen LogP contribution in [-0.4, -0.2) is 24.1 Å². The van der Waals surface area contributed by atoms with Crippen LogP contribution in [0.2, 0.25) is 0 Å². The van der Waals surface area contributed by atoms with Crippen LogP contribution in [0.5, 0.6) is 0 Å². The van der Waals surface area contributed by atoms with Crippen molar-refractivity contribution in [1.29, 1.82) is 0 Å². The second-order valence-corrected chi connectivity index (χ2v) is 3.39. The zero-order chi connectivity index (χ0) is 6.81. The molecule has 2 aliphatic rings. The lowest BCUT2D eigenvalue weighted by molar-refractivity contribution is 0.0508. The molecule has 1 saturated carbocycles. The summed E-state index contributed by atoms with van der Waals surface area (Å²) < 4.78 is 0. The lowest BCUT2D eigenvalue weighted by Gasteiger charge is -2.39. The SMILES string of the molecule is C1CCN(C2CCC2)NC1. The normalized spacial score (nSPS) is 30.0. The number of hydrazine groups is 1. The van der Waals surface area contributed by atoms with Crippen molar-refractivity contribution in [2.24, 2.45) is 0 Å². The number of nitrogens with zero attached hydrogens (tertiary/aromatic N) is 1. The van der Waals surface area contributed by atoms with Gasteiger partial charge in [0.2, 0.25) is 0 Å². The molecule has 0 aromatic rings. The van der Waals surface area contributed by atoms with Crippen LogP contribution in [0.4, 0.5) is 0 Å². The Balaban J connectivity index is 1.78. The number of hydrogen-bond donors (Lipinski definition) is 1. The molecule has 1 aliphatic heterocycles. The Kier molecular flexibility index (Phi) is 1.91. The van der Waals surface area contributed by atoms with Gasteiger partial charge < -0.3 is 0 Å². The maximum absolute atomic E-state index is 3.45. The summed E-state index contributed by atoms with van der Waals surface area (Å²) in [5.74, 6) is 0. The minimum Gasteiger partial charge on any atom is -0.255 e. The van der Waals surface area contributed by atoms with Gasteiger partial charge in [0.1, 0.15) is 0 Å². The van der Waals surface area contributed by atoms with Gasteiger partial charge in [0, 0.05) is 19.1 Å². The minimum atomic E-state index is 0.889. The van der Waals surface area contributed by atoms with E-state index in [1.165, 1.54) is 45.2 Å². The Bertz CT molecular complexity index is 104. The highest BCUT2D eigenvalue weighted by atomic mass is 15.5. The fourth-order valence-corrected chi connectivity index (χ4v) is 1.72. The summed E-state index contributed by atoms with van der Waals surface area (Å²) >= 11 is 0. The van der Waals surface area contributed by atoms with Gasteiger partial charge in [-0.25, -0.2) is 5.01 Å². The van der Waals surface area contributed by atoms with Crippen LogP contribution >= 0.6 is 0 Å². The van der Waals surface area contributed by atoms with Gasteiger partial charge in [-0.05, 0) is 25.7 Å². The van der Waals surface area contributed by atoms with E-state index in [4.69, 9.17) is 0 Å². The Labute approximate surface area is 62.6 Å². The monoisotopic (exact) mass is 140 g/mol. The molecule has 0 spiro atoms. The number of hydrogen-bond acceptors (Lipinski definition) is 2. The van der Waals surface area contributed by atoms with Crippen LogP contribution in [0.15, 0.2) is 0 Å². The molecule has 2 rings (SSSR count). The molecule has 0 amide bonds. The van der Waals surface area contributed by atoms with Gasteiger partial charge in [0.15, 0.2) is 0 Å². The molecule has 0 unspecified atom stereocenters. The van der Waals surface area contributed by atoms with Crippen molar-refractivity contribution in [3.05, 3.63) is 0 Å². The van der Waals surface area contributed by atoms with E-state index >= 15 is 0 Å². The van der Waals surface area contributed by atoms with E-state index in [0.717, 1.165) is 6.04 Å². The summed E-state index contributed by atoms with van der Waals surface area (Å²) in [6.07, 6.45) is 7.05. The Morgan fingerprint density at radius 2 is 2.00 bits per heavy atom. The predicted octanol–water partition coefficient (Wildman–Crippen LogP) is 1.14. The summed E-state index contributed by atoms with van der Waals surface area (Å²) in [6, 6.07) is 0.889. The first-order chi connectivity index (χ1) is 4.97. The molecule has 2 heteroatoms. The molecular formula is C8H16N2. The van der Waals surface area contributed by atoms with Gasteiger partial charge in [0.25, 0.3) is 0 Å². The van der Waals surface area contributed by atoms with Crippen LogP contribution in [0.25, 0.3) is 0 Å². The molecular weight excluding hydrogens is 124 g/mol. The van der Waals surface area contributed by atoms with Crippen molar-refractivity contribution < 1.29 is 0 Å². The Morgan fingerprint density at radius 1 is 1.10 bits per heavy atom. The average molecular weight is 140 g/mol. The summed E-state index contributed by atoms with van der Waals surface area (Å²) in [5, 5.41) is 2.45. The highest BCUT2D eigenvalue weighted by molar-refractivity contribution is 4.79. The van der Waals surface area contributed by atoms with Crippen molar-refractivity contribution in [3.8, 4) is 0 Å². The third-order valence-electron chi connectivity index (χ3n) is 2.66. The van der Waals surface area contributed by atoms with Gasteiger partial charge in [0.05, 0.1) is 0 Å². The highest BCUT2D eigenvalue weighted by Gasteiger charge is 2.25. The zero-order valence-corrected chi connectivity index (χ0v) is 6.47. The van der Waals surface area contributed by atoms with Crippen LogP contribution in [0.3, 0.4) is 0 Å². The quantitative estimate of drug-likeness (QED) is 0.587. The minimum absolute atomic E-state index is 0.889. The van der Waals surface area contributed by atoms with Crippen molar-refractivity contribution >= 4 is 0 Å². The lowest BCUT2D eigenvalue weighted by Crippen LogP contribution is -2.51. The van der Waals surface area contributed by atoms with E-state index < -0.39 is 0 Å². The molecule has 0 bridgehead atoms. The topological polar surface area (TPSA) is 15.3 Å². The highest BCUT2D eigenvalue weighted by Crippen LogP contribution is 2.24. The zero-order valence-electron chi connectivity index (χ0n) is 6.47. The van der Waals surface area contributed by atoms with Gasteiger partial charge >= 0.3 is 0 Å². The molecule has 58 valence electrons. The first-order valence-corrected chi connectivity index (χ1v) is 4.47. The second kappa shape index (κ2) is 2.89. The second-order valence-electron chi connectivity index (χ2n) is 3.39. The molecule has 2 nitrogen and oxygen atoms in total.